The third-order valence-electron chi connectivity index (χ3n) is 7.37. The van der Waals surface area contributed by atoms with Gasteiger partial charge in [-0.2, -0.15) is 5.10 Å². The van der Waals surface area contributed by atoms with E-state index < -0.39 is 0 Å². The maximum atomic E-state index is 16.2. The highest BCUT2D eigenvalue weighted by atomic mass is 19.1. The number of fused-ring (bicyclic) bond motifs is 2. The molecule has 7 nitrogen and oxygen atoms in total. The third-order valence-corrected chi connectivity index (χ3v) is 7.37. The van der Waals surface area contributed by atoms with Crippen LogP contribution in [0.5, 0.6) is 0 Å². The van der Waals surface area contributed by atoms with Crippen LogP contribution in [0, 0.1) is 11.6 Å². The van der Waals surface area contributed by atoms with Crippen LogP contribution in [0.4, 0.5) is 8.78 Å². The van der Waals surface area contributed by atoms with Gasteiger partial charge in [0.25, 0.3) is 0 Å². The van der Waals surface area contributed by atoms with Gasteiger partial charge in [-0.25, -0.2) is 13.8 Å². The van der Waals surface area contributed by atoms with Crippen molar-refractivity contribution >= 4 is 21.9 Å². The number of imidazole rings is 1. The number of nitrogens with zero attached hydrogens (tertiary/aromatic N) is 5. The lowest BCUT2D eigenvalue weighted by molar-refractivity contribution is 0.220. The molecule has 1 aliphatic rings. The lowest BCUT2D eigenvalue weighted by Crippen LogP contribution is -2.29. The van der Waals surface area contributed by atoms with Crippen LogP contribution in [0.1, 0.15) is 24.8 Å². The van der Waals surface area contributed by atoms with Crippen LogP contribution in [0.3, 0.4) is 0 Å². The van der Waals surface area contributed by atoms with Gasteiger partial charge in [0.15, 0.2) is 5.82 Å². The molecule has 0 amide bonds. The maximum absolute atomic E-state index is 16.2. The molecule has 39 heavy (non-hydrogen) atoms. The van der Waals surface area contributed by atoms with Crippen LogP contribution in [-0.4, -0.2) is 48.1 Å². The van der Waals surface area contributed by atoms with Gasteiger partial charge in [0.05, 0.1) is 22.1 Å². The summed E-state index contributed by atoms with van der Waals surface area (Å²) >= 11 is 0. The summed E-state index contributed by atoms with van der Waals surface area (Å²) in [7, 11) is 0. The van der Waals surface area contributed by atoms with Gasteiger partial charge in [-0.3, -0.25) is 20.0 Å². The van der Waals surface area contributed by atoms with Crippen molar-refractivity contribution in [1.29, 1.82) is 0 Å². The molecule has 1 fully saturated rings. The van der Waals surface area contributed by atoms with Gasteiger partial charge >= 0.3 is 0 Å². The van der Waals surface area contributed by atoms with E-state index in [0.29, 0.717) is 39.2 Å². The first-order valence-electron chi connectivity index (χ1n) is 13.1. The minimum atomic E-state index is -0.384. The summed E-state index contributed by atoms with van der Waals surface area (Å²) in [6.07, 6.45) is 8.93. The Hall–Kier alpha value is -4.50. The summed E-state index contributed by atoms with van der Waals surface area (Å²) in [5.74, 6) is -0.290. The van der Waals surface area contributed by atoms with Gasteiger partial charge in [-0.15, -0.1) is 0 Å². The number of H-pyrrole nitrogens is 2. The minimum absolute atomic E-state index is 0.324. The molecule has 1 saturated heterocycles. The average Bonchev–Trinajstić information content (AvgIpc) is 3.59. The number of pyridine rings is 2. The number of nitrogens with one attached hydrogen (secondary N) is 2. The number of rotatable bonds is 5. The molecule has 1 aliphatic heterocycles. The second-order valence-corrected chi connectivity index (χ2v) is 9.99. The first kappa shape index (κ1) is 23.6. The van der Waals surface area contributed by atoms with Crippen LogP contribution in [0.2, 0.25) is 0 Å². The summed E-state index contributed by atoms with van der Waals surface area (Å²) < 4.78 is 29.7. The molecule has 9 heteroatoms. The van der Waals surface area contributed by atoms with Crippen LogP contribution in [0.15, 0.2) is 67.1 Å². The van der Waals surface area contributed by atoms with E-state index in [0.717, 1.165) is 41.8 Å². The number of hydrogen-bond acceptors (Lipinski definition) is 5. The Morgan fingerprint density at radius 2 is 1.69 bits per heavy atom. The molecule has 0 aliphatic carbocycles. The molecule has 7 rings (SSSR count). The van der Waals surface area contributed by atoms with E-state index in [4.69, 9.17) is 4.98 Å². The molecule has 0 bridgehead atoms. The Balaban J connectivity index is 1.29. The maximum Gasteiger partial charge on any atom is 0.159 e. The lowest BCUT2D eigenvalue weighted by atomic mass is 10.0. The van der Waals surface area contributed by atoms with Gasteiger partial charge in [0, 0.05) is 41.8 Å². The second kappa shape index (κ2) is 9.67. The summed E-state index contributed by atoms with van der Waals surface area (Å²) in [5, 5.41) is 7.70. The molecule has 0 radical (unpaired) electrons. The van der Waals surface area contributed by atoms with Crippen molar-refractivity contribution in [2.24, 2.45) is 0 Å². The molecule has 0 unspecified atom stereocenters. The summed E-state index contributed by atoms with van der Waals surface area (Å²) in [5.41, 5.74) is 5.86. The summed E-state index contributed by atoms with van der Waals surface area (Å²) in [4.78, 5) is 19.3. The highest BCUT2D eigenvalue weighted by Gasteiger charge is 2.21. The average molecular weight is 522 g/mol. The molecule has 5 heterocycles. The Bertz CT molecular complexity index is 1800. The van der Waals surface area contributed by atoms with Gasteiger partial charge < -0.3 is 4.98 Å². The topological polar surface area (TPSA) is 86.4 Å². The molecule has 2 aromatic carbocycles. The fraction of sp³-hybridized carbons (Fsp3) is 0.200. The Morgan fingerprint density at radius 3 is 2.54 bits per heavy atom. The zero-order valence-corrected chi connectivity index (χ0v) is 21.1. The number of piperidine rings is 1. The van der Waals surface area contributed by atoms with E-state index in [1.54, 1.807) is 36.7 Å². The lowest BCUT2D eigenvalue weighted by Gasteiger charge is -2.26. The van der Waals surface area contributed by atoms with Crippen molar-refractivity contribution in [3.63, 3.8) is 0 Å². The molecule has 0 saturated carbocycles. The zero-order chi connectivity index (χ0) is 26.3. The minimum Gasteiger partial charge on any atom is -0.336 e. The van der Waals surface area contributed by atoms with Crippen molar-refractivity contribution < 1.29 is 8.78 Å². The number of likely N-dealkylation sites (tertiary alicyclic amines) is 1. The normalized spacial score (nSPS) is 14.4. The number of aromatic amines is 2. The van der Waals surface area contributed by atoms with Gasteiger partial charge in [-0.05, 0) is 80.0 Å². The van der Waals surface area contributed by atoms with Crippen LogP contribution < -0.4 is 0 Å². The highest BCUT2D eigenvalue weighted by Crippen LogP contribution is 2.35. The van der Waals surface area contributed by atoms with Gasteiger partial charge in [0.1, 0.15) is 22.8 Å². The van der Waals surface area contributed by atoms with Gasteiger partial charge in [0.2, 0.25) is 0 Å². The first-order valence-corrected chi connectivity index (χ1v) is 13.1. The number of halogens is 2. The fourth-order valence-corrected chi connectivity index (χ4v) is 5.43. The second-order valence-electron chi connectivity index (χ2n) is 9.99. The molecule has 2 N–H and O–H groups in total. The van der Waals surface area contributed by atoms with Crippen molar-refractivity contribution in [3.8, 4) is 33.9 Å². The Labute approximate surface area is 223 Å². The van der Waals surface area contributed by atoms with E-state index in [1.165, 1.54) is 31.4 Å². The first-order chi connectivity index (χ1) is 19.1. The third kappa shape index (κ3) is 4.34. The standard InChI is InChI=1S/C30H25F2N7/c31-21-6-4-19(5-7-21)27-28-24(10-11-34-27)35-30(36-28)29-25-23(37-38-29)9-8-22(26(25)32)20-14-18(15-33-16-20)17-39-12-2-1-3-13-39/h4-11,14-16H,1-3,12-13,17H2,(H,35,36)(H,37,38). The summed E-state index contributed by atoms with van der Waals surface area (Å²) in [6, 6.07) is 13.5. The Kier molecular flexibility index (Phi) is 5.85. The van der Waals surface area contributed by atoms with Gasteiger partial charge in [-0.1, -0.05) is 6.42 Å². The molecular weight excluding hydrogens is 496 g/mol. The van der Waals surface area contributed by atoms with E-state index >= 15 is 4.39 Å². The predicted octanol–water partition coefficient (Wildman–Crippen LogP) is 6.49. The van der Waals surface area contributed by atoms with Crippen LogP contribution in [0.25, 0.3) is 55.8 Å². The molecule has 0 spiro atoms. The van der Waals surface area contributed by atoms with Crippen LogP contribution >= 0.6 is 0 Å². The van der Waals surface area contributed by atoms with Crippen molar-refractivity contribution in [2.75, 3.05) is 13.1 Å². The fourth-order valence-electron chi connectivity index (χ4n) is 5.43. The molecule has 6 aromatic rings. The monoisotopic (exact) mass is 521 g/mol. The van der Waals surface area contributed by atoms with E-state index in [-0.39, 0.29) is 11.6 Å². The largest absolute Gasteiger partial charge is 0.336 e. The Morgan fingerprint density at radius 1 is 0.846 bits per heavy atom. The quantitative estimate of drug-likeness (QED) is 0.271. The highest BCUT2D eigenvalue weighted by molar-refractivity contribution is 5.98. The molecule has 194 valence electrons. The van der Waals surface area contributed by atoms with E-state index in [2.05, 4.69) is 30.0 Å². The molecular formula is C30H25F2N7. The smallest absolute Gasteiger partial charge is 0.159 e. The summed E-state index contributed by atoms with van der Waals surface area (Å²) in [6.45, 7) is 2.97. The SMILES string of the molecule is Fc1ccc(-c2nccc3[nH]c(-c4n[nH]c5ccc(-c6cncc(CN7CCCCC7)c6)c(F)c45)nc23)cc1. The zero-order valence-electron chi connectivity index (χ0n) is 21.1. The predicted molar refractivity (Wildman–Crippen MR) is 147 cm³/mol. The van der Waals surface area contributed by atoms with E-state index in [1.807, 2.05) is 18.3 Å². The van der Waals surface area contributed by atoms with Crippen LogP contribution in [-0.2, 0) is 6.54 Å². The molecule has 4 aromatic heterocycles. The van der Waals surface area contributed by atoms with Crippen molar-refractivity contribution in [2.45, 2.75) is 25.8 Å². The molecule has 0 atom stereocenters. The number of benzene rings is 2. The number of hydrogen-bond donors (Lipinski definition) is 2. The van der Waals surface area contributed by atoms with Crippen molar-refractivity contribution in [3.05, 3.63) is 84.3 Å². The number of aromatic nitrogens is 6. The van der Waals surface area contributed by atoms with Crippen molar-refractivity contribution in [1.82, 2.24) is 35.0 Å². The van der Waals surface area contributed by atoms with E-state index in [9.17, 15) is 4.39 Å².